The average molecular weight is 256 g/mol. The van der Waals surface area contributed by atoms with Crippen LogP contribution in [-0.4, -0.2) is 17.3 Å². The fourth-order valence-corrected chi connectivity index (χ4v) is 2.30. The lowest BCUT2D eigenvalue weighted by Crippen LogP contribution is -2.27. The Labute approximate surface area is 92.5 Å². The highest BCUT2D eigenvalue weighted by molar-refractivity contribution is 9.10. The zero-order chi connectivity index (χ0) is 9.97. The molecule has 0 radical (unpaired) electrons. The second-order valence-electron chi connectivity index (χ2n) is 3.76. The van der Waals surface area contributed by atoms with Gasteiger partial charge in [0.2, 0.25) is 0 Å². The molecule has 0 spiro atoms. The summed E-state index contributed by atoms with van der Waals surface area (Å²) >= 11 is 3.42. The van der Waals surface area contributed by atoms with Gasteiger partial charge in [0.05, 0.1) is 12.1 Å². The molecule has 1 aromatic carbocycles. The van der Waals surface area contributed by atoms with Gasteiger partial charge in [0.15, 0.2) is 0 Å². The van der Waals surface area contributed by atoms with Crippen LogP contribution >= 0.6 is 15.9 Å². The van der Waals surface area contributed by atoms with Crippen LogP contribution in [0.2, 0.25) is 0 Å². The standard InChI is InChI=1S/C11H14BrNO/c12-8-3-1-4-9(7-8)13-10-5-2-6-11(10)14/h1,3-4,7,10-11,13-14H,2,5-6H2/t10-,11-/m1/s1. The van der Waals surface area contributed by atoms with Crippen molar-refractivity contribution in [2.75, 3.05) is 5.32 Å². The molecule has 1 aromatic rings. The van der Waals surface area contributed by atoms with Crippen LogP contribution in [-0.2, 0) is 0 Å². The van der Waals surface area contributed by atoms with E-state index < -0.39 is 0 Å². The van der Waals surface area contributed by atoms with Crippen LogP contribution in [0.25, 0.3) is 0 Å². The van der Waals surface area contributed by atoms with Crippen LogP contribution in [0, 0.1) is 0 Å². The summed E-state index contributed by atoms with van der Waals surface area (Å²) in [7, 11) is 0. The van der Waals surface area contributed by atoms with E-state index in [0.717, 1.165) is 29.4 Å². The van der Waals surface area contributed by atoms with E-state index in [4.69, 9.17) is 0 Å². The lowest BCUT2D eigenvalue weighted by atomic mass is 10.2. The van der Waals surface area contributed by atoms with Gasteiger partial charge in [0, 0.05) is 10.2 Å². The van der Waals surface area contributed by atoms with Gasteiger partial charge in [-0.05, 0) is 37.5 Å². The van der Waals surface area contributed by atoms with E-state index in [2.05, 4.69) is 21.2 Å². The summed E-state index contributed by atoms with van der Waals surface area (Å²) < 4.78 is 1.06. The summed E-state index contributed by atoms with van der Waals surface area (Å²) in [5, 5.41) is 13.0. The molecule has 1 saturated carbocycles. The first-order chi connectivity index (χ1) is 6.75. The third-order valence-corrected chi connectivity index (χ3v) is 3.15. The Balaban J connectivity index is 2.03. The van der Waals surface area contributed by atoms with E-state index in [1.807, 2.05) is 24.3 Å². The minimum absolute atomic E-state index is 0.186. The summed E-state index contributed by atoms with van der Waals surface area (Å²) in [6.45, 7) is 0. The first-order valence-electron chi connectivity index (χ1n) is 4.96. The number of rotatable bonds is 2. The summed E-state index contributed by atoms with van der Waals surface area (Å²) in [6, 6.07) is 8.27. The summed E-state index contributed by atoms with van der Waals surface area (Å²) in [5.41, 5.74) is 1.07. The van der Waals surface area contributed by atoms with Gasteiger partial charge in [-0.1, -0.05) is 22.0 Å². The van der Waals surface area contributed by atoms with Gasteiger partial charge in [-0.15, -0.1) is 0 Å². The van der Waals surface area contributed by atoms with Crippen molar-refractivity contribution in [2.45, 2.75) is 31.4 Å². The highest BCUT2D eigenvalue weighted by atomic mass is 79.9. The number of aliphatic hydroxyl groups is 1. The molecule has 1 aliphatic carbocycles. The highest BCUT2D eigenvalue weighted by Gasteiger charge is 2.24. The molecular formula is C11H14BrNO. The molecule has 2 atom stereocenters. The van der Waals surface area contributed by atoms with E-state index in [-0.39, 0.29) is 12.1 Å². The number of aliphatic hydroxyl groups excluding tert-OH is 1. The van der Waals surface area contributed by atoms with E-state index in [1.54, 1.807) is 0 Å². The van der Waals surface area contributed by atoms with Crippen molar-refractivity contribution in [3.63, 3.8) is 0 Å². The summed E-state index contributed by atoms with van der Waals surface area (Å²) in [4.78, 5) is 0. The van der Waals surface area contributed by atoms with Gasteiger partial charge in [0.25, 0.3) is 0 Å². The number of anilines is 1. The molecule has 76 valence electrons. The minimum Gasteiger partial charge on any atom is -0.391 e. The lowest BCUT2D eigenvalue weighted by molar-refractivity contribution is 0.172. The predicted molar refractivity (Wildman–Crippen MR) is 61.4 cm³/mol. The Morgan fingerprint density at radius 2 is 2.21 bits per heavy atom. The molecule has 14 heavy (non-hydrogen) atoms. The normalized spacial score (nSPS) is 26.4. The Morgan fingerprint density at radius 1 is 1.36 bits per heavy atom. The summed E-state index contributed by atoms with van der Waals surface area (Å²) in [5.74, 6) is 0. The number of halogens is 1. The fourth-order valence-electron chi connectivity index (χ4n) is 1.90. The van der Waals surface area contributed by atoms with Crippen LogP contribution in [0.5, 0.6) is 0 Å². The van der Waals surface area contributed by atoms with Crippen molar-refractivity contribution in [2.24, 2.45) is 0 Å². The zero-order valence-corrected chi connectivity index (χ0v) is 9.50. The van der Waals surface area contributed by atoms with Gasteiger partial charge in [-0.2, -0.15) is 0 Å². The van der Waals surface area contributed by atoms with Gasteiger partial charge in [0.1, 0.15) is 0 Å². The second kappa shape index (κ2) is 4.32. The van der Waals surface area contributed by atoms with Crippen LogP contribution in [0.4, 0.5) is 5.69 Å². The van der Waals surface area contributed by atoms with Crippen molar-refractivity contribution in [3.8, 4) is 0 Å². The molecule has 1 fully saturated rings. The quantitative estimate of drug-likeness (QED) is 0.852. The average Bonchev–Trinajstić information content (AvgIpc) is 2.52. The van der Waals surface area contributed by atoms with E-state index in [1.165, 1.54) is 0 Å². The van der Waals surface area contributed by atoms with Gasteiger partial charge >= 0.3 is 0 Å². The number of nitrogens with one attached hydrogen (secondary N) is 1. The van der Waals surface area contributed by atoms with Crippen molar-refractivity contribution in [1.29, 1.82) is 0 Å². The third-order valence-electron chi connectivity index (χ3n) is 2.66. The van der Waals surface area contributed by atoms with Crippen molar-refractivity contribution in [1.82, 2.24) is 0 Å². The molecule has 0 aliphatic heterocycles. The lowest BCUT2D eigenvalue weighted by Gasteiger charge is -2.17. The molecule has 1 aliphatic rings. The Morgan fingerprint density at radius 3 is 2.86 bits per heavy atom. The topological polar surface area (TPSA) is 32.3 Å². The third kappa shape index (κ3) is 2.28. The van der Waals surface area contributed by atoms with Gasteiger partial charge in [-0.3, -0.25) is 0 Å². The first-order valence-corrected chi connectivity index (χ1v) is 5.75. The maximum atomic E-state index is 9.65. The predicted octanol–water partition coefficient (Wildman–Crippen LogP) is 2.77. The molecule has 2 nitrogen and oxygen atoms in total. The Hall–Kier alpha value is -0.540. The largest absolute Gasteiger partial charge is 0.391 e. The minimum atomic E-state index is -0.186. The van der Waals surface area contributed by atoms with Crippen LogP contribution < -0.4 is 5.32 Å². The molecule has 2 rings (SSSR count). The Bertz CT molecular complexity index is 316. The molecule has 2 N–H and O–H groups in total. The van der Waals surface area contributed by atoms with E-state index in [0.29, 0.717) is 0 Å². The fraction of sp³-hybridized carbons (Fsp3) is 0.455. The highest BCUT2D eigenvalue weighted by Crippen LogP contribution is 2.24. The van der Waals surface area contributed by atoms with E-state index >= 15 is 0 Å². The molecule has 0 amide bonds. The van der Waals surface area contributed by atoms with Crippen molar-refractivity contribution >= 4 is 21.6 Å². The Kier molecular flexibility index (Phi) is 3.08. The summed E-state index contributed by atoms with van der Waals surface area (Å²) in [6.07, 6.45) is 2.92. The second-order valence-corrected chi connectivity index (χ2v) is 4.68. The molecule has 0 heterocycles. The molecule has 0 unspecified atom stereocenters. The van der Waals surface area contributed by atoms with Crippen molar-refractivity contribution < 1.29 is 5.11 Å². The number of benzene rings is 1. The molecular weight excluding hydrogens is 242 g/mol. The SMILES string of the molecule is O[C@@H]1CCC[C@H]1Nc1cccc(Br)c1. The van der Waals surface area contributed by atoms with Gasteiger partial charge < -0.3 is 10.4 Å². The number of hydrogen-bond acceptors (Lipinski definition) is 2. The van der Waals surface area contributed by atoms with Crippen LogP contribution in [0.15, 0.2) is 28.7 Å². The monoisotopic (exact) mass is 255 g/mol. The molecule has 0 aromatic heterocycles. The van der Waals surface area contributed by atoms with Crippen molar-refractivity contribution in [3.05, 3.63) is 28.7 Å². The maximum absolute atomic E-state index is 9.65. The molecule has 0 bridgehead atoms. The van der Waals surface area contributed by atoms with E-state index in [9.17, 15) is 5.11 Å². The number of hydrogen-bond donors (Lipinski definition) is 2. The smallest absolute Gasteiger partial charge is 0.0741 e. The molecule has 0 saturated heterocycles. The van der Waals surface area contributed by atoms with Crippen LogP contribution in [0.3, 0.4) is 0 Å². The van der Waals surface area contributed by atoms with Gasteiger partial charge in [-0.25, -0.2) is 0 Å². The molecule has 3 heteroatoms. The zero-order valence-electron chi connectivity index (χ0n) is 7.91. The van der Waals surface area contributed by atoms with Crippen LogP contribution in [0.1, 0.15) is 19.3 Å². The maximum Gasteiger partial charge on any atom is 0.0741 e. The first kappa shape index (κ1) is 9.99.